The molecular weight excluding hydrogens is 268 g/mol. The zero-order chi connectivity index (χ0) is 15.5. The first-order valence-corrected chi connectivity index (χ1v) is 7.85. The molecule has 2 atom stereocenters. The predicted molar refractivity (Wildman–Crippen MR) is 78.8 cm³/mol. The van der Waals surface area contributed by atoms with Crippen molar-refractivity contribution in [3.05, 3.63) is 11.7 Å². The minimum Gasteiger partial charge on any atom is -0.370 e. The number of carbonyl (C=O) groups excluding carboxylic acids is 1. The zero-order valence-electron chi connectivity index (χ0n) is 13.5. The van der Waals surface area contributed by atoms with Crippen LogP contribution in [0.25, 0.3) is 0 Å². The summed E-state index contributed by atoms with van der Waals surface area (Å²) < 4.78 is 11.0. The van der Waals surface area contributed by atoms with Crippen molar-refractivity contribution in [2.24, 2.45) is 11.8 Å². The van der Waals surface area contributed by atoms with E-state index in [2.05, 4.69) is 17.1 Å². The number of rotatable bonds is 6. The fourth-order valence-electron chi connectivity index (χ4n) is 3.19. The second-order valence-corrected chi connectivity index (χ2v) is 6.73. The van der Waals surface area contributed by atoms with Gasteiger partial charge in [-0.2, -0.15) is 4.98 Å². The Kier molecular flexibility index (Phi) is 5.14. The highest BCUT2D eigenvalue weighted by Crippen LogP contribution is 2.41. The van der Waals surface area contributed by atoms with E-state index in [0.29, 0.717) is 30.0 Å². The molecule has 2 rings (SSSR count). The average molecular weight is 294 g/mol. The van der Waals surface area contributed by atoms with Gasteiger partial charge in [-0.25, -0.2) is 0 Å². The molecule has 0 spiro atoms. The standard InChI is InChI=1S/C16H26N2O3/c1-11(2)8-13(19)9-14-17-15(18-21-14)16(20-4)7-5-6-12(3)10-16/h11-12H,5-10H2,1-4H3. The third-order valence-corrected chi connectivity index (χ3v) is 4.21. The van der Waals surface area contributed by atoms with Gasteiger partial charge in [0.2, 0.25) is 11.7 Å². The quantitative estimate of drug-likeness (QED) is 0.805. The third-order valence-electron chi connectivity index (χ3n) is 4.21. The fourth-order valence-corrected chi connectivity index (χ4v) is 3.19. The van der Waals surface area contributed by atoms with Crippen molar-refractivity contribution in [1.82, 2.24) is 10.1 Å². The number of nitrogens with zero attached hydrogens (tertiary/aromatic N) is 2. The van der Waals surface area contributed by atoms with Gasteiger partial charge >= 0.3 is 0 Å². The Balaban J connectivity index is 2.09. The molecule has 118 valence electrons. The van der Waals surface area contributed by atoms with Gasteiger partial charge in [-0.1, -0.05) is 32.3 Å². The molecule has 5 nitrogen and oxygen atoms in total. The van der Waals surface area contributed by atoms with Gasteiger partial charge in [0, 0.05) is 13.5 Å². The monoisotopic (exact) mass is 294 g/mol. The lowest BCUT2D eigenvalue weighted by atomic mass is 9.78. The van der Waals surface area contributed by atoms with Crippen LogP contribution in [0.5, 0.6) is 0 Å². The molecule has 0 amide bonds. The highest BCUT2D eigenvalue weighted by Gasteiger charge is 2.41. The van der Waals surface area contributed by atoms with E-state index >= 15 is 0 Å². The molecule has 0 radical (unpaired) electrons. The van der Waals surface area contributed by atoms with Crippen LogP contribution in [0.1, 0.15) is 64.6 Å². The summed E-state index contributed by atoms with van der Waals surface area (Å²) in [6.07, 6.45) is 4.90. The van der Waals surface area contributed by atoms with Crippen molar-refractivity contribution in [1.29, 1.82) is 0 Å². The average Bonchev–Trinajstić information content (AvgIpc) is 2.86. The van der Waals surface area contributed by atoms with Crippen molar-refractivity contribution < 1.29 is 14.1 Å². The van der Waals surface area contributed by atoms with Crippen LogP contribution >= 0.6 is 0 Å². The maximum Gasteiger partial charge on any atom is 0.234 e. The second kappa shape index (κ2) is 6.69. The number of hydrogen-bond donors (Lipinski definition) is 0. The summed E-state index contributed by atoms with van der Waals surface area (Å²) in [5.41, 5.74) is -0.444. The van der Waals surface area contributed by atoms with Crippen LogP contribution in [0.3, 0.4) is 0 Å². The molecule has 0 aromatic carbocycles. The van der Waals surface area contributed by atoms with Crippen LogP contribution in [0, 0.1) is 11.8 Å². The number of methoxy groups -OCH3 is 1. The first-order valence-electron chi connectivity index (χ1n) is 7.85. The summed E-state index contributed by atoms with van der Waals surface area (Å²) in [6, 6.07) is 0. The van der Waals surface area contributed by atoms with E-state index in [4.69, 9.17) is 9.26 Å². The summed E-state index contributed by atoms with van der Waals surface area (Å²) in [5.74, 6) is 2.09. The van der Waals surface area contributed by atoms with Crippen molar-refractivity contribution in [2.45, 2.75) is 64.9 Å². The Bertz CT molecular complexity index is 484. The lowest BCUT2D eigenvalue weighted by Gasteiger charge is -2.36. The highest BCUT2D eigenvalue weighted by molar-refractivity contribution is 5.80. The molecule has 1 aliphatic carbocycles. The predicted octanol–water partition coefficient (Wildman–Crippen LogP) is 3.28. The van der Waals surface area contributed by atoms with Gasteiger partial charge in [0.05, 0.1) is 6.42 Å². The van der Waals surface area contributed by atoms with E-state index in [1.165, 1.54) is 6.42 Å². The molecule has 0 saturated heterocycles. The number of aromatic nitrogens is 2. The second-order valence-electron chi connectivity index (χ2n) is 6.73. The molecular formula is C16H26N2O3. The number of Topliss-reactive ketones (excluding diaryl/α,β-unsaturated/α-hetero) is 1. The molecule has 1 heterocycles. The topological polar surface area (TPSA) is 65.2 Å². The molecule has 1 aromatic rings. The van der Waals surface area contributed by atoms with Gasteiger partial charge in [-0.3, -0.25) is 4.79 Å². The maximum atomic E-state index is 11.9. The SMILES string of the molecule is COC1(c2noc(CC(=O)CC(C)C)n2)CCCC(C)C1. The van der Waals surface area contributed by atoms with Crippen LogP contribution in [0.15, 0.2) is 4.52 Å². The van der Waals surface area contributed by atoms with E-state index in [1.807, 2.05) is 13.8 Å². The Morgan fingerprint density at radius 2 is 2.29 bits per heavy atom. The van der Waals surface area contributed by atoms with Gasteiger partial charge in [0.25, 0.3) is 0 Å². The molecule has 1 aliphatic rings. The minimum atomic E-state index is -0.444. The van der Waals surface area contributed by atoms with Gasteiger partial charge in [0.1, 0.15) is 11.4 Å². The van der Waals surface area contributed by atoms with E-state index in [1.54, 1.807) is 7.11 Å². The smallest absolute Gasteiger partial charge is 0.234 e. The first kappa shape index (κ1) is 16.1. The van der Waals surface area contributed by atoms with Crippen LogP contribution in [0.4, 0.5) is 0 Å². The van der Waals surface area contributed by atoms with Crippen molar-refractivity contribution >= 4 is 5.78 Å². The molecule has 1 fully saturated rings. The van der Waals surface area contributed by atoms with Crippen LogP contribution in [0.2, 0.25) is 0 Å². The van der Waals surface area contributed by atoms with Crippen molar-refractivity contribution in [3.8, 4) is 0 Å². The summed E-state index contributed by atoms with van der Waals surface area (Å²) >= 11 is 0. The number of carbonyl (C=O) groups is 1. The Hall–Kier alpha value is -1.23. The molecule has 0 aliphatic heterocycles. The molecule has 21 heavy (non-hydrogen) atoms. The molecule has 0 N–H and O–H groups in total. The summed E-state index contributed by atoms with van der Waals surface area (Å²) in [4.78, 5) is 16.3. The summed E-state index contributed by atoms with van der Waals surface area (Å²) in [7, 11) is 1.71. The number of ketones is 1. The summed E-state index contributed by atoms with van der Waals surface area (Å²) in [5, 5.41) is 4.09. The zero-order valence-corrected chi connectivity index (χ0v) is 13.5. The van der Waals surface area contributed by atoms with E-state index in [9.17, 15) is 4.79 Å². The Labute approximate surface area is 126 Å². The molecule has 0 bridgehead atoms. The van der Waals surface area contributed by atoms with E-state index < -0.39 is 5.60 Å². The number of ether oxygens (including phenoxy) is 1. The first-order chi connectivity index (χ1) is 9.95. The van der Waals surface area contributed by atoms with Crippen molar-refractivity contribution in [2.75, 3.05) is 7.11 Å². The lowest BCUT2D eigenvalue weighted by molar-refractivity contribution is -0.119. The molecule has 1 aromatic heterocycles. The largest absolute Gasteiger partial charge is 0.370 e. The maximum absolute atomic E-state index is 11.9. The van der Waals surface area contributed by atoms with Gasteiger partial charge in [0.15, 0.2) is 0 Å². The highest BCUT2D eigenvalue weighted by atomic mass is 16.5. The normalized spacial score (nSPS) is 26.2. The fraction of sp³-hybridized carbons (Fsp3) is 0.812. The van der Waals surface area contributed by atoms with Crippen molar-refractivity contribution in [3.63, 3.8) is 0 Å². The third kappa shape index (κ3) is 3.90. The molecule has 2 unspecified atom stereocenters. The molecule has 5 heteroatoms. The summed E-state index contributed by atoms with van der Waals surface area (Å²) in [6.45, 7) is 6.28. The number of hydrogen-bond acceptors (Lipinski definition) is 5. The van der Waals surface area contributed by atoms with Crippen LogP contribution in [-0.2, 0) is 21.6 Å². The van der Waals surface area contributed by atoms with Gasteiger partial charge < -0.3 is 9.26 Å². The van der Waals surface area contributed by atoms with Crippen LogP contribution in [-0.4, -0.2) is 23.0 Å². The Morgan fingerprint density at radius 3 is 2.90 bits per heavy atom. The molecule has 1 saturated carbocycles. The Morgan fingerprint density at radius 1 is 1.52 bits per heavy atom. The lowest BCUT2D eigenvalue weighted by Crippen LogP contribution is -2.35. The van der Waals surface area contributed by atoms with E-state index in [-0.39, 0.29) is 12.2 Å². The van der Waals surface area contributed by atoms with E-state index in [0.717, 1.165) is 19.3 Å². The van der Waals surface area contributed by atoms with Gasteiger partial charge in [-0.15, -0.1) is 0 Å². The van der Waals surface area contributed by atoms with Gasteiger partial charge in [-0.05, 0) is 31.1 Å². The minimum absolute atomic E-state index is 0.142. The van der Waals surface area contributed by atoms with Crippen LogP contribution < -0.4 is 0 Å².